The fourth-order valence-electron chi connectivity index (χ4n) is 5.03. The van der Waals surface area contributed by atoms with Crippen molar-refractivity contribution in [1.82, 2.24) is 15.1 Å². The lowest BCUT2D eigenvalue weighted by molar-refractivity contribution is -0.153. The summed E-state index contributed by atoms with van der Waals surface area (Å²) in [6.07, 6.45) is 2.01. The number of ether oxygens (including phenoxy) is 2. The molecule has 2 aliphatic rings. The molecule has 1 aliphatic carbocycles. The van der Waals surface area contributed by atoms with E-state index < -0.39 is 42.5 Å². The van der Waals surface area contributed by atoms with E-state index in [0.717, 1.165) is 11.3 Å². The number of rotatable bonds is 8. The molecule has 10 heteroatoms. The number of urea groups is 1. The lowest BCUT2D eigenvalue weighted by Gasteiger charge is -2.43. The Morgan fingerprint density at radius 1 is 1.21 bits per heavy atom. The summed E-state index contributed by atoms with van der Waals surface area (Å²) in [5, 5.41) is 3.42. The minimum absolute atomic E-state index is 0.106. The summed E-state index contributed by atoms with van der Waals surface area (Å²) in [7, 11) is 1.56. The number of amides is 4. The van der Waals surface area contributed by atoms with Crippen LogP contribution in [0.25, 0.3) is 0 Å². The maximum atomic E-state index is 13.1. The third-order valence-corrected chi connectivity index (χ3v) is 6.45. The van der Waals surface area contributed by atoms with Gasteiger partial charge in [-0.25, -0.2) is 4.79 Å². The van der Waals surface area contributed by atoms with Crippen LogP contribution in [0.3, 0.4) is 0 Å². The van der Waals surface area contributed by atoms with Gasteiger partial charge in [-0.05, 0) is 54.9 Å². The number of nitrogens with one attached hydrogen (secondary N) is 1. The summed E-state index contributed by atoms with van der Waals surface area (Å²) in [5.74, 6) is -0.764. The number of halogens is 1. The van der Waals surface area contributed by atoms with Crippen LogP contribution in [-0.2, 0) is 19.1 Å². The van der Waals surface area contributed by atoms with Crippen LogP contribution in [0.4, 0.5) is 4.79 Å². The number of carbonyl (C=O) groups is 4. The molecule has 1 N–H and O–H groups in total. The highest BCUT2D eigenvalue weighted by Gasteiger charge is 2.56. The van der Waals surface area contributed by atoms with Crippen molar-refractivity contribution in [2.24, 2.45) is 11.3 Å². The highest BCUT2D eigenvalue weighted by molar-refractivity contribution is 6.30. The van der Waals surface area contributed by atoms with E-state index in [1.807, 2.05) is 0 Å². The molecule has 1 aromatic carbocycles. The SMILES string of the molecule is CC1CC(C)(C)CC2(C1)NC(=O)N(CC(=O)OCC(=O)N(C)CCOc1ccc(Cl)cc1)C2=O. The van der Waals surface area contributed by atoms with Gasteiger partial charge in [0, 0.05) is 12.1 Å². The Hall–Kier alpha value is -2.81. The Morgan fingerprint density at radius 2 is 1.88 bits per heavy atom. The Morgan fingerprint density at radius 3 is 2.53 bits per heavy atom. The number of benzene rings is 1. The molecule has 34 heavy (non-hydrogen) atoms. The fraction of sp³-hybridized carbons (Fsp3) is 0.583. The Balaban J connectivity index is 1.45. The van der Waals surface area contributed by atoms with E-state index in [1.54, 1.807) is 31.3 Å². The van der Waals surface area contributed by atoms with E-state index >= 15 is 0 Å². The predicted molar refractivity (Wildman–Crippen MR) is 125 cm³/mol. The molecule has 9 nitrogen and oxygen atoms in total. The quantitative estimate of drug-likeness (QED) is 0.441. The second kappa shape index (κ2) is 10.2. The number of esters is 1. The Kier molecular flexibility index (Phi) is 7.75. The maximum Gasteiger partial charge on any atom is 0.326 e. The summed E-state index contributed by atoms with van der Waals surface area (Å²) in [4.78, 5) is 52.4. The van der Waals surface area contributed by atoms with Gasteiger partial charge in [0.05, 0.1) is 6.54 Å². The van der Waals surface area contributed by atoms with Crippen LogP contribution >= 0.6 is 11.6 Å². The van der Waals surface area contributed by atoms with Crippen LogP contribution in [0.15, 0.2) is 24.3 Å². The first-order chi connectivity index (χ1) is 15.9. The fourth-order valence-corrected chi connectivity index (χ4v) is 5.16. The summed E-state index contributed by atoms with van der Waals surface area (Å²) < 4.78 is 10.6. The normalized spacial score (nSPS) is 23.6. The molecule has 1 aromatic rings. The molecule has 1 spiro atoms. The highest BCUT2D eigenvalue weighted by atomic mass is 35.5. The van der Waals surface area contributed by atoms with Gasteiger partial charge < -0.3 is 19.7 Å². The molecule has 0 radical (unpaired) electrons. The Labute approximate surface area is 204 Å². The van der Waals surface area contributed by atoms with Gasteiger partial charge >= 0.3 is 12.0 Å². The number of hydrogen-bond donors (Lipinski definition) is 1. The first-order valence-electron chi connectivity index (χ1n) is 11.3. The monoisotopic (exact) mass is 493 g/mol. The van der Waals surface area contributed by atoms with Gasteiger partial charge in [-0.2, -0.15) is 0 Å². The molecule has 1 saturated heterocycles. The molecular formula is C24H32ClN3O6. The van der Waals surface area contributed by atoms with E-state index in [-0.39, 0.29) is 24.5 Å². The average molecular weight is 494 g/mol. The molecule has 1 saturated carbocycles. The van der Waals surface area contributed by atoms with Crippen molar-refractivity contribution < 1.29 is 28.7 Å². The molecule has 1 heterocycles. The van der Waals surface area contributed by atoms with Gasteiger partial charge in [-0.1, -0.05) is 32.4 Å². The lowest BCUT2D eigenvalue weighted by Crippen LogP contribution is -2.54. The van der Waals surface area contributed by atoms with Crippen LogP contribution in [0.1, 0.15) is 40.0 Å². The number of hydrogen-bond acceptors (Lipinski definition) is 6. The first kappa shape index (κ1) is 25.8. The average Bonchev–Trinajstić information content (AvgIpc) is 2.94. The number of imide groups is 1. The van der Waals surface area contributed by atoms with Crippen molar-refractivity contribution in [2.45, 2.75) is 45.6 Å². The molecule has 1 aliphatic heterocycles. The number of carbonyl (C=O) groups excluding carboxylic acids is 4. The molecule has 2 atom stereocenters. The van der Waals surface area contributed by atoms with Gasteiger partial charge in [0.15, 0.2) is 6.61 Å². The van der Waals surface area contributed by atoms with Crippen molar-refractivity contribution in [3.63, 3.8) is 0 Å². The standard InChI is InChI=1S/C24H32ClN3O6/c1-16-11-23(2,3)15-24(12-16)21(31)28(22(32)26-24)13-20(30)34-14-19(29)27(4)9-10-33-18-7-5-17(25)6-8-18/h5-8,16H,9-15H2,1-4H3,(H,26,32). The van der Waals surface area contributed by atoms with E-state index in [9.17, 15) is 19.2 Å². The van der Waals surface area contributed by atoms with Crippen molar-refractivity contribution in [2.75, 3.05) is 33.4 Å². The zero-order chi connectivity index (χ0) is 25.1. The van der Waals surface area contributed by atoms with Gasteiger partial charge in [0.1, 0.15) is 24.4 Å². The van der Waals surface area contributed by atoms with Crippen LogP contribution in [0.5, 0.6) is 5.75 Å². The van der Waals surface area contributed by atoms with Gasteiger partial charge in [0.2, 0.25) is 0 Å². The van der Waals surface area contributed by atoms with E-state index in [1.165, 1.54) is 4.90 Å². The predicted octanol–water partition coefficient (Wildman–Crippen LogP) is 2.86. The zero-order valence-corrected chi connectivity index (χ0v) is 20.8. The lowest BCUT2D eigenvalue weighted by atomic mass is 9.64. The van der Waals surface area contributed by atoms with Crippen LogP contribution in [-0.4, -0.2) is 72.5 Å². The molecule has 186 valence electrons. The molecule has 2 fully saturated rings. The molecular weight excluding hydrogens is 462 g/mol. The van der Waals surface area contributed by atoms with Crippen LogP contribution in [0.2, 0.25) is 5.02 Å². The first-order valence-corrected chi connectivity index (χ1v) is 11.7. The second-order valence-electron chi connectivity index (χ2n) is 10.0. The molecule has 4 amide bonds. The largest absolute Gasteiger partial charge is 0.492 e. The molecule has 0 aromatic heterocycles. The summed E-state index contributed by atoms with van der Waals surface area (Å²) in [6, 6.07) is 6.25. The second-order valence-corrected chi connectivity index (χ2v) is 10.5. The van der Waals surface area contributed by atoms with E-state index in [2.05, 4.69) is 26.1 Å². The van der Waals surface area contributed by atoms with E-state index in [0.29, 0.717) is 23.6 Å². The van der Waals surface area contributed by atoms with Gasteiger partial charge in [0.25, 0.3) is 11.8 Å². The molecule has 2 unspecified atom stereocenters. The summed E-state index contributed by atoms with van der Waals surface area (Å²) >= 11 is 5.83. The van der Waals surface area contributed by atoms with Crippen molar-refractivity contribution in [3.8, 4) is 5.75 Å². The minimum Gasteiger partial charge on any atom is -0.492 e. The highest BCUT2D eigenvalue weighted by Crippen LogP contribution is 2.46. The number of nitrogens with zero attached hydrogens (tertiary/aromatic N) is 2. The van der Waals surface area contributed by atoms with Crippen molar-refractivity contribution in [1.29, 1.82) is 0 Å². The van der Waals surface area contributed by atoms with Crippen LogP contribution < -0.4 is 10.1 Å². The summed E-state index contributed by atoms with van der Waals surface area (Å²) in [5.41, 5.74) is -1.09. The minimum atomic E-state index is -0.987. The molecule has 3 rings (SSSR count). The third kappa shape index (κ3) is 6.20. The van der Waals surface area contributed by atoms with E-state index in [4.69, 9.17) is 21.1 Å². The van der Waals surface area contributed by atoms with Gasteiger partial charge in [-0.15, -0.1) is 0 Å². The smallest absolute Gasteiger partial charge is 0.326 e. The van der Waals surface area contributed by atoms with Crippen LogP contribution in [0, 0.1) is 11.3 Å². The number of likely N-dealkylation sites (N-methyl/N-ethyl adjacent to an activating group) is 1. The Bertz CT molecular complexity index is 951. The molecule has 0 bridgehead atoms. The van der Waals surface area contributed by atoms with Crippen molar-refractivity contribution in [3.05, 3.63) is 29.3 Å². The van der Waals surface area contributed by atoms with Crippen molar-refractivity contribution >= 4 is 35.4 Å². The third-order valence-electron chi connectivity index (χ3n) is 6.20. The zero-order valence-electron chi connectivity index (χ0n) is 20.1. The maximum absolute atomic E-state index is 13.1. The topological polar surface area (TPSA) is 105 Å². The summed E-state index contributed by atoms with van der Waals surface area (Å²) in [6.45, 7) is 5.71. The van der Waals surface area contributed by atoms with Gasteiger partial charge in [-0.3, -0.25) is 19.3 Å².